The highest BCUT2D eigenvalue weighted by molar-refractivity contribution is 5.01. The van der Waals surface area contributed by atoms with Gasteiger partial charge in [-0.05, 0) is 65.5 Å². The van der Waals surface area contributed by atoms with Crippen LogP contribution in [0, 0.1) is 5.92 Å². The number of hydrogen-bond donors (Lipinski definition) is 1. The highest BCUT2D eigenvalue weighted by Gasteiger charge is 2.44. The Hall–Kier alpha value is -0.120. The first-order chi connectivity index (χ1) is 9.04. The summed E-state index contributed by atoms with van der Waals surface area (Å²) in [6.07, 6.45) is 5.61. The Kier molecular flexibility index (Phi) is 3.89. The predicted octanol–water partition coefficient (Wildman–Crippen LogP) is 1.93. The van der Waals surface area contributed by atoms with E-state index in [1.807, 2.05) is 0 Å². The third-order valence-corrected chi connectivity index (χ3v) is 5.31. The summed E-state index contributed by atoms with van der Waals surface area (Å²) in [5, 5.41) is 3.48. The van der Waals surface area contributed by atoms with Crippen LogP contribution in [0.25, 0.3) is 0 Å². The van der Waals surface area contributed by atoms with Crippen molar-refractivity contribution in [3.8, 4) is 0 Å². The van der Waals surface area contributed by atoms with Gasteiger partial charge in [-0.3, -0.25) is 9.80 Å². The first kappa shape index (κ1) is 13.8. The van der Waals surface area contributed by atoms with Gasteiger partial charge < -0.3 is 5.32 Å². The molecule has 0 spiro atoms. The zero-order chi connectivity index (χ0) is 13.5. The van der Waals surface area contributed by atoms with Crippen LogP contribution >= 0.6 is 0 Å². The lowest BCUT2D eigenvalue weighted by Crippen LogP contribution is -2.60. The highest BCUT2D eigenvalue weighted by Crippen LogP contribution is 2.36. The van der Waals surface area contributed by atoms with Crippen molar-refractivity contribution in [3.05, 3.63) is 0 Å². The molecule has 3 rings (SSSR count). The molecule has 3 nitrogen and oxygen atoms in total. The normalized spacial score (nSPS) is 34.9. The molecular weight excluding hydrogens is 234 g/mol. The number of nitrogens with one attached hydrogen (secondary N) is 1. The van der Waals surface area contributed by atoms with Gasteiger partial charge in [0.05, 0.1) is 0 Å². The SMILES string of the molecule is CC(C)(C)N1C2CCC1CN(CC1CCNCC1)C2. The molecular formula is C16H31N3. The molecule has 0 amide bonds. The van der Waals surface area contributed by atoms with Crippen LogP contribution in [0.1, 0.15) is 46.5 Å². The van der Waals surface area contributed by atoms with Crippen LogP contribution in [-0.2, 0) is 0 Å². The van der Waals surface area contributed by atoms with E-state index in [2.05, 4.69) is 35.9 Å². The van der Waals surface area contributed by atoms with Gasteiger partial charge in [0.2, 0.25) is 0 Å². The molecule has 0 aliphatic carbocycles. The summed E-state index contributed by atoms with van der Waals surface area (Å²) < 4.78 is 0. The molecule has 0 aromatic rings. The molecule has 2 atom stereocenters. The fourth-order valence-corrected chi connectivity index (χ4v) is 4.66. The Morgan fingerprint density at radius 2 is 1.53 bits per heavy atom. The Balaban J connectivity index is 1.58. The Morgan fingerprint density at radius 3 is 2.05 bits per heavy atom. The molecule has 0 saturated carbocycles. The molecule has 0 aromatic heterocycles. The second-order valence-electron chi connectivity index (χ2n) is 7.88. The molecule has 3 aliphatic heterocycles. The van der Waals surface area contributed by atoms with E-state index in [4.69, 9.17) is 0 Å². The summed E-state index contributed by atoms with van der Waals surface area (Å²) in [6, 6.07) is 1.64. The van der Waals surface area contributed by atoms with Crippen LogP contribution in [-0.4, -0.2) is 60.1 Å². The molecule has 3 aliphatic rings. The highest BCUT2D eigenvalue weighted by atomic mass is 15.4. The monoisotopic (exact) mass is 265 g/mol. The zero-order valence-corrected chi connectivity index (χ0v) is 13.0. The first-order valence-electron chi connectivity index (χ1n) is 8.25. The number of hydrogen-bond acceptors (Lipinski definition) is 3. The summed E-state index contributed by atoms with van der Waals surface area (Å²) in [7, 11) is 0. The van der Waals surface area contributed by atoms with Crippen molar-refractivity contribution in [2.45, 2.75) is 64.1 Å². The van der Waals surface area contributed by atoms with Crippen molar-refractivity contribution in [1.29, 1.82) is 0 Å². The number of fused-ring (bicyclic) bond motifs is 2. The summed E-state index contributed by atoms with van der Waals surface area (Å²) in [5.74, 6) is 0.946. The Labute approximate surface area is 118 Å². The molecule has 3 saturated heterocycles. The van der Waals surface area contributed by atoms with Crippen LogP contribution in [0.4, 0.5) is 0 Å². The van der Waals surface area contributed by atoms with Gasteiger partial charge in [0.1, 0.15) is 0 Å². The van der Waals surface area contributed by atoms with Gasteiger partial charge in [0.15, 0.2) is 0 Å². The molecule has 0 radical (unpaired) electrons. The summed E-state index contributed by atoms with van der Waals surface area (Å²) >= 11 is 0. The topological polar surface area (TPSA) is 18.5 Å². The van der Waals surface area contributed by atoms with Crippen molar-refractivity contribution >= 4 is 0 Å². The Bertz CT molecular complexity index is 290. The second-order valence-corrected chi connectivity index (χ2v) is 7.88. The lowest BCUT2D eigenvalue weighted by molar-refractivity contribution is -0.00388. The number of likely N-dealkylation sites (tertiary alicyclic amines) is 1. The van der Waals surface area contributed by atoms with E-state index >= 15 is 0 Å². The summed E-state index contributed by atoms with van der Waals surface area (Å²) in [4.78, 5) is 5.59. The fourth-order valence-electron chi connectivity index (χ4n) is 4.66. The maximum atomic E-state index is 3.48. The molecule has 2 bridgehead atoms. The van der Waals surface area contributed by atoms with Crippen LogP contribution in [0.5, 0.6) is 0 Å². The van der Waals surface area contributed by atoms with Gasteiger partial charge in [0, 0.05) is 37.3 Å². The predicted molar refractivity (Wildman–Crippen MR) is 80.4 cm³/mol. The number of nitrogens with zero attached hydrogens (tertiary/aromatic N) is 2. The number of rotatable bonds is 2. The van der Waals surface area contributed by atoms with E-state index in [0.717, 1.165) is 18.0 Å². The molecule has 3 fully saturated rings. The van der Waals surface area contributed by atoms with E-state index in [9.17, 15) is 0 Å². The van der Waals surface area contributed by atoms with Gasteiger partial charge in [0.25, 0.3) is 0 Å². The van der Waals surface area contributed by atoms with Crippen molar-refractivity contribution in [2.24, 2.45) is 5.92 Å². The standard InChI is InChI=1S/C16H31N3/c1-16(2,3)19-14-4-5-15(19)12-18(11-14)10-13-6-8-17-9-7-13/h13-15,17H,4-12H2,1-3H3. The minimum Gasteiger partial charge on any atom is -0.317 e. The first-order valence-corrected chi connectivity index (χ1v) is 8.25. The van der Waals surface area contributed by atoms with Crippen molar-refractivity contribution in [2.75, 3.05) is 32.7 Å². The van der Waals surface area contributed by atoms with Gasteiger partial charge in [-0.15, -0.1) is 0 Å². The van der Waals surface area contributed by atoms with Crippen LogP contribution in [0.15, 0.2) is 0 Å². The molecule has 1 N–H and O–H groups in total. The van der Waals surface area contributed by atoms with E-state index in [0.29, 0.717) is 5.54 Å². The number of piperazine rings is 1. The van der Waals surface area contributed by atoms with Crippen LogP contribution in [0.2, 0.25) is 0 Å². The van der Waals surface area contributed by atoms with Crippen molar-refractivity contribution < 1.29 is 0 Å². The maximum absolute atomic E-state index is 3.48. The van der Waals surface area contributed by atoms with Gasteiger partial charge >= 0.3 is 0 Å². The molecule has 110 valence electrons. The lowest BCUT2D eigenvalue weighted by Gasteiger charge is -2.48. The molecule has 2 unspecified atom stereocenters. The van der Waals surface area contributed by atoms with Crippen LogP contribution < -0.4 is 5.32 Å². The largest absolute Gasteiger partial charge is 0.317 e. The Morgan fingerprint density at radius 1 is 0.947 bits per heavy atom. The van der Waals surface area contributed by atoms with Gasteiger partial charge in [-0.25, -0.2) is 0 Å². The quantitative estimate of drug-likeness (QED) is 0.823. The molecule has 0 aromatic carbocycles. The molecule has 3 heterocycles. The van der Waals surface area contributed by atoms with Crippen molar-refractivity contribution in [3.63, 3.8) is 0 Å². The number of piperidine rings is 1. The minimum atomic E-state index is 0.354. The lowest BCUT2D eigenvalue weighted by atomic mass is 9.95. The smallest absolute Gasteiger partial charge is 0.0232 e. The average molecular weight is 265 g/mol. The zero-order valence-electron chi connectivity index (χ0n) is 13.0. The minimum absolute atomic E-state index is 0.354. The molecule has 3 heteroatoms. The van der Waals surface area contributed by atoms with Gasteiger partial charge in [-0.2, -0.15) is 0 Å². The third kappa shape index (κ3) is 2.98. The fraction of sp³-hybridized carbons (Fsp3) is 1.00. The second kappa shape index (κ2) is 5.34. The third-order valence-electron chi connectivity index (χ3n) is 5.31. The van der Waals surface area contributed by atoms with Crippen molar-refractivity contribution in [1.82, 2.24) is 15.1 Å². The van der Waals surface area contributed by atoms with Crippen LogP contribution in [0.3, 0.4) is 0 Å². The summed E-state index contributed by atoms with van der Waals surface area (Å²) in [6.45, 7) is 13.6. The molecule has 19 heavy (non-hydrogen) atoms. The van der Waals surface area contributed by atoms with E-state index in [-0.39, 0.29) is 0 Å². The van der Waals surface area contributed by atoms with E-state index in [1.165, 1.54) is 58.4 Å². The van der Waals surface area contributed by atoms with E-state index in [1.54, 1.807) is 0 Å². The maximum Gasteiger partial charge on any atom is 0.0232 e. The van der Waals surface area contributed by atoms with E-state index < -0.39 is 0 Å². The van der Waals surface area contributed by atoms with Gasteiger partial charge in [-0.1, -0.05) is 0 Å². The average Bonchev–Trinajstić information content (AvgIpc) is 2.64. The summed E-state index contributed by atoms with van der Waals surface area (Å²) in [5.41, 5.74) is 0.354.